The Morgan fingerprint density at radius 1 is 1.00 bits per heavy atom. The SMILES string of the molecule is Nc1cccnc1N1C(=O)c2cccnc2C1=O. The number of carbonyl (C=O) groups excluding carboxylic acids is 2. The molecule has 2 aromatic rings. The highest BCUT2D eigenvalue weighted by molar-refractivity contribution is 6.34. The maximum Gasteiger partial charge on any atom is 0.286 e. The zero-order valence-corrected chi connectivity index (χ0v) is 9.20. The van der Waals surface area contributed by atoms with Gasteiger partial charge in [0.05, 0.1) is 11.3 Å². The Hall–Kier alpha value is -2.76. The number of hydrogen-bond acceptors (Lipinski definition) is 5. The lowest BCUT2D eigenvalue weighted by Crippen LogP contribution is -2.31. The van der Waals surface area contributed by atoms with E-state index >= 15 is 0 Å². The number of anilines is 2. The number of nitrogens with zero attached hydrogens (tertiary/aromatic N) is 3. The van der Waals surface area contributed by atoms with E-state index in [0.29, 0.717) is 0 Å². The first kappa shape index (κ1) is 10.4. The van der Waals surface area contributed by atoms with E-state index in [4.69, 9.17) is 5.73 Å². The molecule has 6 nitrogen and oxygen atoms in total. The molecule has 2 amide bonds. The van der Waals surface area contributed by atoms with Crippen molar-refractivity contribution in [3.8, 4) is 0 Å². The first-order valence-electron chi connectivity index (χ1n) is 5.24. The van der Waals surface area contributed by atoms with Crippen LogP contribution in [0.15, 0.2) is 36.7 Å². The van der Waals surface area contributed by atoms with Crippen LogP contribution in [0.1, 0.15) is 20.8 Å². The van der Waals surface area contributed by atoms with E-state index in [9.17, 15) is 9.59 Å². The van der Waals surface area contributed by atoms with Crippen LogP contribution in [0.2, 0.25) is 0 Å². The molecule has 0 saturated heterocycles. The molecule has 0 saturated carbocycles. The summed E-state index contributed by atoms with van der Waals surface area (Å²) in [5.41, 5.74) is 6.40. The van der Waals surface area contributed by atoms with Crippen molar-refractivity contribution in [3.63, 3.8) is 0 Å². The zero-order valence-electron chi connectivity index (χ0n) is 9.20. The van der Waals surface area contributed by atoms with E-state index in [0.717, 1.165) is 4.90 Å². The largest absolute Gasteiger partial charge is 0.396 e. The Morgan fingerprint density at radius 2 is 1.72 bits per heavy atom. The normalized spacial score (nSPS) is 13.9. The van der Waals surface area contributed by atoms with Crippen molar-refractivity contribution in [1.82, 2.24) is 9.97 Å². The van der Waals surface area contributed by atoms with E-state index < -0.39 is 11.8 Å². The quantitative estimate of drug-likeness (QED) is 0.746. The van der Waals surface area contributed by atoms with Crippen LogP contribution >= 0.6 is 0 Å². The second kappa shape index (κ2) is 3.63. The Kier molecular flexibility index (Phi) is 2.09. The standard InChI is InChI=1S/C12H8N4O2/c13-8-4-2-6-15-10(8)16-11(17)7-3-1-5-14-9(7)12(16)18/h1-6H,13H2. The first-order chi connectivity index (χ1) is 8.70. The van der Waals surface area contributed by atoms with Gasteiger partial charge in [-0.1, -0.05) is 0 Å². The molecular formula is C12H8N4O2. The fourth-order valence-electron chi connectivity index (χ4n) is 1.86. The van der Waals surface area contributed by atoms with E-state index in [1.165, 1.54) is 12.4 Å². The van der Waals surface area contributed by atoms with Crippen LogP contribution in [0, 0.1) is 0 Å². The molecule has 18 heavy (non-hydrogen) atoms. The van der Waals surface area contributed by atoms with Gasteiger partial charge >= 0.3 is 0 Å². The number of imide groups is 1. The summed E-state index contributed by atoms with van der Waals surface area (Å²) < 4.78 is 0. The number of nitrogen functional groups attached to an aromatic ring is 1. The van der Waals surface area contributed by atoms with Gasteiger partial charge in [0, 0.05) is 12.4 Å². The van der Waals surface area contributed by atoms with E-state index in [1.807, 2.05) is 0 Å². The molecular weight excluding hydrogens is 232 g/mol. The number of rotatable bonds is 1. The molecule has 0 aromatic carbocycles. The lowest BCUT2D eigenvalue weighted by molar-refractivity contribution is 0.0924. The summed E-state index contributed by atoms with van der Waals surface area (Å²) in [6, 6.07) is 6.38. The summed E-state index contributed by atoms with van der Waals surface area (Å²) >= 11 is 0. The minimum absolute atomic E-state index is 0.132. The number of pyridine rings is 2. The van der Waals surface area contributed by atoms with Crippen LogP contribution in [0.3, 0.4) is 0 Å². The third-order valence-electron chi connectivity index (χ3n) is 2.68. The highest BCUT2D eigenvalue weighted by atomic mass is 16.2. The van der Waals surface area contributed by atoms with Crippen LogP contribution in [0.5, 0.6) is 0 Å². The predicted molar refractivity (Wildman–Crippen MR) is 64.0 cm³/mol. The van der Waals surface area contributed by atoms with Crippen LogP contribution in [-0.4, -0.2) is 21.8 Å². The molecule has 0 atom stereocenters. The molecule has 3 rings (SSSR count). The Morgan fingerprint density at radius 3 is 2.44 bits per heavy atom. The number of nitrogens with two attached hydrogens (primary N) is 1. The maximum atomic E-state index is 12.1. The number of hydrogen-bond donors (Lipinski definition) is 1. The van der Waals surface area contributed by atoms with Gasteiger partial charge in [0.1, 0.15) is 5.69 Å². The summed E-state index contributed by atoms with van der Waals surface area (Å²) in [5, 5.41) is 0. The van der Waals surface area contributed by atoms with Crippen LogP contribution in [0.4, 0.5) is 11.5 Å². The van der Waals surface area contributed by atoms with Crippen LogP contribution in [-0.2, 0) is 0 Å². The number of aromatic nitrogens is 2. The predicted octanol–water partition coefficient (Wildman–Crippen LogP) is 0.859. The molecule has 0 aliphatic carbocycles. The third kappa shape index (κ3) is 1.29. The summed E-state index contributed by atoms with van der Waals surface area (Å²) in [4.78, 5) is 33.1. The summed E-state index contributed by atoms with van der Waals surface area (Å²) in [5.74, 6) is -0.806. The van der Waals surface area contributed by atoms with Gasteiger partial charge in [0.15, 0.2) is 5.82 Å². The highest BCUT2D eigenvalue weighted by Gasteiger charge is 2.39. The molecule has 3 heterocycles. The second-order valence-corrected chi connectivity index (χ2v) is 3.76. The van der Waals surface area contributed by atoms with Crippen molar-refractivity contribution in [2.45, 2.75) is 0 Å². The van der Waals surface area contributed by atoms with Crippen molar-refractivity contribution in [1.29, 1.82) is 0 Å². The molecule has 1 aliphatic heterocycles. The molecule has 88 valence electrons. The van der Waals surface area contributed by atoms with Crippen molar-refractivity contribution >= 4 is 23.3 Å². The van der Waals surface area contributed by atoms with Crippen LogP contribution < -0.4 is 10.6 Å². The van der Waals surface area contributed by atoms with E-state index in [2.05, 4.69) is 9.97 Å². The number of carbonyl (C=O) groups is 2. The van der Waals surface area contributed by atoms with E-state index in [-0.39, 0.29) is 22.8 Å². The lowest BCUT2D eigenvalue weighted by Gasteiger charge is -2.13. The minimum Gasteiger partial charge on any atom is -0.396 e. The van der Waals surface area contributed by atoms with Gasteiger partial charge in [0.2, 0.25) is 0 Å². The van der Waals surface area contributed by atoms with Crippen LogP contribution in [0.25, 0.3) is 0 Å². The van der Waals surface area contributed by atoms with Crippen molar-refractivity contribution in [2.24, 2.45) is 0 Å². The van der Waals surface area contributed by atoms with Gasteiger partial charge in [-0.2, -0.15) is 0 Å². The average Bonchev–Trinajstić information content (AvgIpc) is 2.64. The fraction of sp³-hybridized carbons (Fsp3) is 0. The molecule has 0 radical (unpaired) electrons. The molecule has 0 spiro atoms. The van der Waals surface area contributed by atoms with Crippen molar-refractivity contribution in [3.05, 3.63) is 47.9 Å². The first-order valence-corrected chi connectivity index (χ1v) is 5.24. The number of amides is 2. The van der Waals surface area contributed by atoms with E-state index in [1.54, 1.807) is 24.3 Å². The van der Waals surface area contributed by atoms with Gasteiger partial charge in [-0.05, 0) is 24.3 Å². The molecule has 1 aliphatic rings. The summed E-state index contributed by atoms with van der Waals surface area (Å²) in [6.07, 6.45) is 2.94. The molecule has 0 unspecified atom stereocenters. The minimum atomic E-state index is -0.499. The monoisotopic (exact) mass is 240 g/mol. The third-order valence-corrected chi connectivity index (χ3v) is 2.68. The molecule has 2 N–H and O–H groups in total. The van der Waals surface area contributed by atoms with Gasteiger partial charge in [-0.25, -0.2) is 9.88 Å². The topological polar surface area (TPSA) is 89.2 Å². The van der Waals surface area contributed by atoms with Crippen molar-refractivity contribution in [2.75, 3.05) is 10.6 Å². The fourth-order valence-corrected chi connectivity index (χ4v) is 1.86. The highest BCUT2D eigenvalue weighted by Crippen LogP contribution is 2.28. The smallest absolute Gasteiger partial charge is 0.286 e. The average molecular weight is 240 g/mol. The van der Waals surface area contributed by atoms with Crippen molar-refractivity contribution < 1.29 is 9.59 Å². The number of fused-ring (bicyclic) bond motifs is 1. The second-order valence-electron chi connectivity index (χ2n) is 3.76. The van der Waals surface area contributed by atoms with Gasteiger partial charge in [-0.15, -0.1) is 0 Å². The Balaban J connectivity index is 2.16. The van der Waals surface area contributed by atoms with Gasteiger partial charge < -0.3 is 5.73 Å². The zero-order chi connectivity index (χ0) is 12.7. The molecule has 0 bridgehead atoms. The molecule has 2 aromatic heterocycles. The molecule has 6 heteroatoms. The van der Waals surface area contributed by atoms with Gasteiger partial charge in [0.25, 0.3) is 11.8 Å². The Labute approximate surface area is 102 Å². The summed E-state index contributed by atoms with van der Waals surface area (Å²) in [6.45, 7) is 0. The molecule has 0 fully saturated rings. The maximum absolute atomic E-state index is 12.1. The van der Waals surface area contributed by atoms with Gasteiger partial charge in [-0.3, -0.25) is 14.6 Å². The summed E-state index contributed by atoms with van der Waals surface area (Å²) in [7, 11) is 0. The Bertz CT molecular complexity index is 634. The lowest BCUT2D eigenvalue weighted by atomic mass is 10.2.